The number of nitrogens with one attached hydrogen (secondary N) is 2. The van der Waals surface area contributed by atoms with Crippen molar-refractivity contribution in [2.75, 3.05) is 0 Å². The quantitative estimate of drug-likeness (QED) is 0.760. The molecule has 7 heteroatoms. The van der Waals surface area contributed by atoms with Crippen molar-refractivity contribution in [3.8, 4) is 0 Å². The van der Waals surface area contributed by atoms with Crippen LogP contribution in [0.5, 0.6) is 0 Å². The van der Waals surface area contributed by atoms with Crippen LogP contribution in [-0.4, -0.2) is 38.4 Å². The molecule has 2 aromatic rings. The van der Waals surface area contributed by atoms with E-state index in [-0.39, 0.29) is 5.92 Å². The van der Waals surface area contributed by atoms with Gasteiger partial charge in [-0.2, -0.15) is 15.4 Å². The first-order chi connectivity index (χ1) is 9.47. The number of carboxylic acid groups (broad SMARTS) is 1. The van der Waals surface area contributed by atoms with Gasteiger partial charge in [-0.1, -0.05) is 13.8 Å². The number of nitrogens with zero attached hydrogens (tertiary/aromatic N) is 2. The molecule has 2 rings (SSSR count). The summed E-state index contributed by atoms with van der Waals surface area (Å²) in [5.74, 6) is -1.29. The van der Waals surface area contributed by atoms with Gasteiger partial charge in [0, 0.05) is 5.56 Å². The van der Waals surface area contributed by atoms with Gasteiger partial charge in [-0.25, -0.2) is 4.79 Å². The molecule has 0 aliphatic rings. The third kappa shape index (κ3) is 3.11. The van der Waals surface area contributed by atoms with Gasteiger partial charge in [0.05, 0.1) is 0 Å². The van der Waals surface area contributed by atoms with Crippen LogP contribution in [0.25, 0.3) is 11.0 Å². The van der Waals surface area contributed by atoms with Gasteiger partial charge in [0.2, 0.25) is 0 Å². The molecule has 0 spiro atoms. The predicted octanol–water partition coefficient (Wildman–Crippen LogP) is 1.19. The summed E-state index contributed by atoms with van der Waals surface area (Å²) in [6.07, 6.45) is 0.382. The molecule has 0 fully saturated rings. The molecule has 1 atom stereocenters. The van der Waals surface area contributed by atoms with E-state index in [1.807, 2.05) is 13.8 Å². The molecule has 0 aliphatic heterocycles. The van der Waals surface area contributed by atoms with Crippen LogP contribution in [0, 0.1) is 5.92 Å². The van der Waals surface area contributed by atoms with E-state index >= 15 is 0 Å². The second kappa shape index (κ2) is 5.68. The molecular formula is C13H16N4O3. The van der Waals surface area contributed by atoms with E-state index in [2.05, 4.69) is 20.7 Å². The summed E-state index contributed by atoms with van der Waals surface area (Å²) in [4.78, 5) is 23.2. The van der Waals surface area contributed by atoms with E-state index in [1.165, 1.54) is 0 Å². The second-order valence-corrected chi connectivity index (χ2v) is 5.02. The first-order valence-corrected chi connectivity index (χ1v) is 6.31. The lowest BCUT2D eigenvalue weighted by Crippen LogP contribution is -2.41. The fourth-order valence-electron chi connectivity index (χ4n) is 1.92. The van der Waals surface area contributed by atoms with E-state index < -0.39 is 17.9 Å². The lowest BCUT2D eigenvalue weighted by molar-refractivity contribution is -0.139. The third-order valence-corrected chi connectivity index (χ3v) is 2.89. The normalized spacial score (nSPS) is 12.6. The molecule has 0 saturated carbocycles. The average molecular weight is 276 g/mol. The summed E-state index contributed by atoms with van der Waals surface area (Å²) in [6.45, 7) is 3.81. The molecule has 1 heterocycles. The van der Waals surface area contributed by atoms with E-state index in [0.29, 0.717) is 23.0 Å². The lowest BCUT2D eigenvalue weighted by atomic mass is 10.0. The van der Waals surface area contributed by atoms with Gasteiger partial charge in [-0.15, -0.1) is 0 Å². The zero-order valence-corrected chi connectivity index (χ0v) is 11.3. The summed E-state index contributed by atoms with van der Waals surface area (Å²) in [5, 5.41) is 21.9. The molecule has 7 nitrogen and oxygen atoms in total. The molecule has 106 valence electrons. The Bertz CT molecular complexity index is 635. The van der Waals surface area contributed by atoms with Gasteiger partial charge in [0.15, 0.2) is 0 Å². The highest BCUT2D eigenvalue weighted by Gasteiger charge is 2.21. The summed E-state index contributed by atoms with van der Waals surface area (Å²) in [7, 11) is 0. The Morgan fingerprint density at radius 3 is 2.65 bits per heavy atom. The van der Waals surface area contributed by atoms with Crippen LogP contribution in [0.2, 0.25) is 0 Å². The number of rotatable bonds is 5. The van der Waals surface area contributed by atoms with Crippen molar-refractivity contribution >= 4 is 22.9 Å². The topological polar surface area (TPSA) is 108 Å². The van der Waals surface area contributed by atoms with Gasteiger partial charge in [0.1, 0.15) is 17.1 Å². The Morgan fingerprint density at radius 2 is 2.00 bits per heavy atom. The largest absolute Gasteiger partial charge is 0.480 e. The van der Waals surface area contributed by atoms with Crippen molar-refractivity contribution in [2.24, 2.45) is 5.92 Å². The first-order valence-electron chi connectivity index (χ1n) is 6.31. The van der Waals surface area contributed by atoms with Crippen LogP contribution in [0.1, 0.15) is 30.6 Å². The number of carboxylic acids is 1. The molecule has 1 amide bonds. The highest BCUT2D eigenvalue weighted by atomic mass is 16.4. The number of hydrogen-bond donors (Lipinski definition) is 3. The smallest absolute Gasteiger partial charge is 0.326 e. The lowest BCUT2D eigenvalue weighted by Gasteiger charge is -2.16. The molecular weight excluding hydrogens is 260 g/mol. The molecule has 1 aromatic carbocycles. The Balaban J connectivity index is 2.15. The van der Waals surface area contributed by atoms with Crippen LogP contribution in [-0.2, 0) is 4.79 Å². The third-order valence-electron chi connectivity index (χ3n) is 2.89. The zero-order chi connectivity index (χ0) is 14.7. The number of carbonyl (C=O) groups is 2. The summed E-state index contributed by atoms with van der Waals surface area (Å²) < 4.78 is 0. The number of aliphatic carboxylic acids is 1. The molecule has 0 bridgehead atoms. The molecule has 3 N–H and O–H groups in total. The molecule has 0 saturated heterocycles. The first kappa shape index (κ1) is 14.0. The standard InChI is InChI=1S/C13H16N4O3/c1-7(2)5-11(13(19)20)14-12(18)8-3-4-9-10(6-8)16-17-15-9/h3-4,6-7,11H,5H2,1-2H3,(H,14,18)(H,19,20)(H,15,16,17). The van der Waals surface area contributed by atoms with Crippen molar-refractivity contribution in [1.29, 1.82) is 0 Å². The fourth-order valence-corrected chi connectivity index (χ4v) is 1.92. The van der Waals surface area contributed by atoms with Gasteiger partial charge < -0.3 is 10.4 Å². The maximum atomic E-state index is 12.1. The second-order valence-electron chi connectivity index (χ2n) is 5.02. The Kier molecular flexibility index (Phi) is 3.97. The summed E-state index contributed by atoms with van der Waals surface area (Å²) >= 11 is 0. The fraction of sp³-hybridized carbons (Fsp3) is 0.385. The summed E-state index contributed by atoms with van der Waals surface area (Å²) in [6, 6.07) is 3.93. The predicted molar refractivity (Wildman–Crippen MR) is 72.2 cm³/mol. The van der Waals surface area contributed by atoms with Crippen LogP contribution in [0.4, 0.5) is 0 Å². The van der Waals surface area contributed by atoms with Crippen LogP contribution < -0.4 is 5.32 Å². The Labute approximate surface area is 115 Å². The Hall–Kier alpha value is -2.44. The number of H-pyrrole nitrogens is 1. The molecule has 1 unspecified atom stereocenters. The van der Waals surface area contributed by atoms with Crippen molar-refractivity contribution in [3.05, 3.63) is 23.8 Å². The van der Waals surface area contributed by atoms with Crippen molar-refractivity contribution < 1.29 is 14.7 Å². The monoisotopic (exact) mass is 276 g/mol. The van der Waals surface area contributed by atoms with E-state index in [4.69, 9.17) is 5.11 Å². The van der Waals surface area contributed by atoms with E-state index in [1.54, 1.807) is 18.2 Å². The van der Waals surface area contributed by atoms with Gasteiger partial charge >= 0.3 is 5.97 Å². The van der Waals surface area contributed by atoms with Crippen LogP contribution in [0.3, 0.4) is 0 Å². The highest BCUT2D eigenvalue weighted by molar-refractivity contribution is 5.99. The number of carbonyl (C=O) groups excluding carboxylic acids is 1. The van der Waals surface area contributed by atoms with Crippen LogP contribution >= 0.6 is 0 Å². The number of hydrogen-bond acceptors (Lipinski definition) is 4. The number of amides is 1. The zero-order valence-electron chi connectivity index (χ0n) is 11.3. The molecule has 0 aliphatic carbocycles. The maximum absolute atomic E-state index is 12.1. The SMILES string of the molecule is CC(C)CC(NC(=O)c1ccc2n[nH]nc2c1)C(=O)O. The summed E-state index contributed by atoms with van der Waals surface area (Å²) in [5.41, 5.74) is 1.58. The van der Waals surface area contributed by atoms with Gasteiger partial charge in [-0.3, -0.25) is 4.79 Å². The van der Waals surface area contributed by atoms with Gasteiger partial charge in [-0.05, 0) is 30.5 Å². The minimum absolute atomic E-state index is 0.175. The average Bonchev–Trinajstić information content (AvgIpc) is 2.84. The minimum Gasteiger partial charge on any atom is -0.480 e. The number of aromatic amines is 1. The molecule has 0 radical (unpaired) electrons. The number of fused-ring (bicyclic) bond motifs is 1. The highest BCUT2D eigenvalue weighted by Crippen LogP contribution is 2.12. The van der Waals surface area contributed by atoms with Gasteiger partial charge in [0.25, 0.3) is 5.91 Å². The Morgan fingerprint density at radius 1 is 1.30 bits per heavy atom. The maximum Gasteiger partial charge on any atom is 0.326 e. The molecule has 20 heavy (non-hydrogen) atoms. The van der Waals surface area contributed by atoms with E-state index in [9.17, 15) is 9.59 Å². The molecule has 1 aromatic heterocycles. The van der Waals surface area contributed by atoms with Crippen LogP contribution in [0.15, 0.2) is 18.2 Å². The number of benzene rings is 1. The van der Waals surface area contributed by atoms with Crippen molar-refractivity contribution in [3.63, 3.8) is 0 Å². The van der Waals surface area contributed by atoms with Crippen molar-refractivity contribution in [1.82, 2.24) is 20.7 Å². The van der Waals surface area contributed by atoms with E-state index in [0.717, 1.165) is 0 Å². The number of aromatic nitrogens is 3. The minimum atomic E-state index is -1.03. The van der Waals surface area contributed by atoms with Crippen molar-refractivity contribution in [2.45, 2.75) is 26.3 Å².